The molecule has 10 heteroatoms. The van der Waals surface area contributed by atoms with Gasteiger partial charge in [-0.3, -0.25) is 14.5 Å². The average Bonchev–Trinajstić information content (AvgIpc) is 3.29. The van der Waals surface area contributed by atoms with E-state index in [9.17, 15) is 13.2 Å². The first kappa shape index (κ1) is 23.1. The Bertz CT molecular complexity index is 1410. The summed E-state index contributed by atoms with van der Waals surface area (Å²) in [5.74, 6) is 0.411. The molecule has 2 aromatic heterocycles. The number of hydrogen-bond acceptors (Lipinski definition) is 7. The summed E-state index contributed by atoms with van der Waals surface area (Å²) >= 11 is 0. The van der Waals surface area contributed by atoms with Gasteiger partial charge in [-0.1, -0.05) is 26.8 Å². The van der Waals surface area contributed by atoms with Crippen LogP contribution in [0.2, 0.25) is 0 Å². The fraction of sp³-hybridized carbons (Fsp3) is 0.167. The predicted octanol–water partition coefficient (Wildman–Crippen LogP) is 4.58. The van der Waals surface area contributed by atoms with Crippen LogP contribution < -0.4 is 10.0 Å². The molecule has 0 saturated carbocycles. The first-order valence-electron chi connectivity index (χ1n) is 10.4. The van der Waals surface area contributed by atoms with Crippen LogP contribution in [-0.4, -0.2) is 29.5 Å². The quantitative estimate of drug-likeness (QED) is 0.416. The summed E-state index contributed by atoms with van der Waals surface area (Å²) in [6, 6.07) is 16.2. The van der Waals surface area contributed by atoms with Gasteiger partial charge in [0.05, 0.1) is 16.1 Å². The molecule has 9 nitrogen and oxygen atoms in total. The Balaban J connectivity index is 1.49. The minimum absolute atomic E-state index is 0.0624. The number of hydrogen-bond donors (Lipinski definition) is 2. The first-order chi connectivity index (χ1) is 16.1. The fourth-order valence-electron chi connectivity index (χ4n) is 2.92. The lowest BCUT2D eigenvalue weighted by Gasteiger charge is -2.18. The van der Waals surface area contributed by atoms with Crippen LogP contribution >= 0.6 is 0 Å². The second-order valence-corrected chi connectivity index (χ2v) is 10.3. The molecule has 0 aliphatic heterocycles. The smallest absolute Gasteiger partial charge is 0.261 e. The van der Waals surface area contributed by atoms with Gasteiger partial charge in [-0.05, 0) is 54.6 Å². The fourth-order valence-corrected chi connectivity index (χ4v) is 3.97. The summed E-state index contributed by atoms with van der Waals surface area (Å²) in [6.07, 6.45) is 3.26. The maximum absolute atomic E-state index is 12.9. The molecular weight excluding hydrogens is 454 g/mol. The monoisotopic (exact) mass is 477 g/mol. The van der Waals surface area contributed by atoms with Gasteiger partial charge in [0.2, 0.25) is 17.7 Å². The topological polar surface area (TPSA) is 127 Å². The van der Waals surface area contributed by atoms with Gasteiger partial charge in [0.15, 0.2) is 0 Å². The van der Waals surface area contributed by atoms with Crippen LogP contribution in [0.1, 0.15) is 20.8 Å². The van der Waals surface area contributed by atoms with E-state index in [4.69, 9.17) is 4.42 Å². The Kier molecular flexibility index (Phi) is 6.16. The van der Waals surface area contributed by atoms with Gasteiger partial charge < -0.3 is 9.73 Å². The zero-order valence-electron chi connectivity index (χ0n) is 18.8. The van der Waals surface area contributed by atoms with Crippen LogP contribution in [0.3, 0.4) is 0 Å². The molecule has 0 aliphatic rings. The Morgan fingerprint density at radius 3 is 2.21 bits per heavy atom. The van der Waals surface area contributed by atoms with Gasteiger partial charge in [0.25, 0.3) is 10.0 Å². The van der Waals surface area contributed by atoms with Crippen LogP contribution in [0, 0.1) is 5.41 Å². The highest BCUT2D eigenvalue weighted by atomic mass is 32.2. The number of carbonyl (C=O) groups excluding carboxylic acids is 1. The molecule has 4 rings (SSSR count). The van der Waals surface area contributed by atoms with Gasteiger partial charge in [-0.2, -0.15) is 0 Å². The highest BCUT2D eigenvalue weighted by molar-refractivity contribution is 7.92. The largest absolute Gasteiger partial charge is 0.416 e. The first-order valence-corrected chi connectivity index (χ1v) is 11.9. The van der Waals surface area contributed by atoms with Crippen molar-refractivity contribution < 1.29 is 17.6 Å². The maximum atomic E-state index is 12.9. The normalized spacial score (nSPS) is 11.7. The molecule has 4 aromatic rings. The Labute approximate surface area is 197 Å². The molecule has 0 bridgehead atoms. The van der Waals surface area contributed by atoms with Crippen molar-refractivity contribution in [1.29, 1.82) is 0 Å². The van der Waals surface area contributed by atoms with Crippen LogP contribution in [0.25, 0.3) is 22.9 Å². The second-order valence-electron chi connectivity index (χ2n) is 8.57. The van der Waals surface area contributed by atoms with E-state index in [0.717, 1.165) is 0 Å². The van der Waals surface area contributed by atoms with E-state index in [1.165, 1.54) is 12.1 Å². The van der Waals surface area contributed by atoms with Crippen molar-refractivity contribution >= 4 is 27.3 Å². The molecule has 34 heavy (non-hydrogen) atoms. The van der Waals surface area contributed by atoms with Crippen molar-refractivity contribution in [2.24, 2.45) is 5.41 Å². The number of nitrogens with one attached hydrogen (secondary N) is 2. The minimum atomic E-state index is -3.86. The van der Waals surface area contributed by atoms with E-state index >= 15 is 0 Å². The van der Waals surface area contributed by atoms with E-state index < -0.39 is 15.4 Å². The molecule has 0 fully saturated rings. The number of benzene rings is 2. The average molecular weight is 478 g/mol. The van der Waals surface area contributed by atoms with Crippen LogP contribution in [0.5, 0.6) is 0 Å². The summed E-state index contributed by atoms with van der Waals surface area (Å²) in [5, 5.41) is 10.8. The molecule has 0 spiro atoms. The molecule has 0 atom stereocenters. The molecular formula is C24H23N5O4S. The molecule has 0 aliphatic carbocycles. The third kappa shape index (κ3) is 5.29. The molecule has 0 radical (unpaired) electrons. The number of sulfonamides is 1. The summed E-state index contributed by atoms with van der Waals surface area (Å²) in [5.41, 5.74) is 1.51. The predicted molar refractivity (Wildman–Crippen MR) is 128 cm³/mol. The Morgan fingerprint density at radius 1 is 0.882 bits per heavy atom. The van der Waals surface area contributed by atoms with Crippen LogP contribution in [-0.2, 0) is 14.8 Å². The summed E-state index contributed by atoms with van der Waals surface area (Å²) in [4.78, 5) is 16.3. The standard InChI is InChI=1S/C24H23N5O4S/c1-24(2,3)23(30)26-18-7-4-8-19(14-18)29-34(31,32)20-11-9-16(10-12-20)21-27-28-22(33-21)17-6-5-13-25-15-17/h4-15,29H,1-3H3,(H,26,30). The van der Waals surface area contributed by atoms with Crippen molar-refractivity contribution in [3.8, 4) is 22.9 Å². The third-order valence-corrected chi connectivity index (χ3v) is 6.20. The van der Waals surface area contributed by atoms with Crippen molar-refractivity contribution in [3.05, 3.63) is 73.1 Å². The molecule has 2 N–H and O–H groups in total. The van der Waals surface area contributed by atoms with Gasteiger partial charge in [0, 0.05) is 29.1 Å². The van der Waals surface area contributed by atoms with Gasteiger partial charge in [-0.15, -0.1) is 10.2 Å². The number of pyridine rings is 1. The van der Waals surface area contributed by atoms with Crippen LogP contribution in [0.4, 0.5) is 11.4 Å². The molecule has 0 saturated heterocycles. The zero-order valence-corrected chi connectivity index (χ0v) is 19.6. The lowest BCUT2D eigenvalue weighted by Crippen LogP contribution is -2.27. The molecule has 2 aromatic carbocycles. The SMILES string of the molecule is CC(C)(C)C(=O)Nc1cccc(NS(=O)(=O)c2ccc(-c3nnc(-c4cccnc4)o3)cc2)c1. The highest BCUT2D eigenvalue weighted by Crippen LogP contribution is 2.26. The van der Waals surface area contributed by atoms with Gasteiger partial charge >= 0.3 is 0 Å². The van der Waals surface area contributed by atoms with Crippen molar-refractivity contribution in [1.82, 2.24) is 15.2 Å². The maximum Gasteiger partial charge on any atom is 0.261 e. The number of aromatic nitrogens is 3. The lowest BCUT2D eigenvalue weighted by molar-refractivity contribution is -0.123. The van der Waals surface area contributed by atoms with E-state index in [1.807, 2.05) is 0 Å². The zero-order chi connectivity index (χ0) is 24.3. The number of amides is 1. The van der Waals surface area contributed by atoms with Gasteiger partial charge in [-0.25, -0.2) is 8.42 Å². The molecule has 0 unspecified atom stereocenters. The third-order valence-electron chi connectivity index (χ3n) is 4.80. The minimum Gasteiger partial charge on any atom is -0.416 e. The van der Waals surface area contributed by atoms with E-state index in [-0.39, 0.29) is 16.7 Å². The van der Waals surface area contributed by atoms with E-state index in [1.54, 1.807) is 81.7 Å². The summed E-state index contributed by atoms with van der Waals surface area (Å²) in [7, 11) is -3.86. The van der Waals surface area contributed by atoms with E-state index in [0.29, 0.717) is 28.4 Å². The molecule has 1 amide bonds. The van der Waals surface area contributed by atoms with Crippen molar-refractivity contribution in [2.45, 2.75) is 25.7 Å². The summed E-state index contributed by atoms with van der Waals surface area (Å²) in [6.45, 7) is 5.39. The summed E-state index contributed by atoms with van der Waals surface area (Å²) < 4.78 is 34.0. The number of rotatable bonds is 6. The number of carbonyl (C=O) groups is 1. The van der Waals surface area contributed by atoms with Crippen LogP contribution in [0.15, 0.2) is 82.4 Å². The van der Waals surface area contributed by atoms with Gasteiger partial charge in [0.1, 0.15) is 0 Å². The lowest BCUT2D eigenvalue weighted by atomic mass is 9.95. The van der Waals surface area contributed by atoms with Crippen molar-refractivity contribution in [2.75, 3.05) is 10.0 Å². The van der Waals surface area contributed by atoms with Crippen molar-refractivity contribution in [3.63, 3.8) is 0 Å². The number of nitrogens with zero attached hydrogens (tertiary/aromatic N) is 3. The van der Waals surface area contributed by atoms with E-state index in [2.05, 4.69) is 25.2 Å². The second kappa shape index (κ2) is 9.06. The molecule has 174 valence electrons. The Morgan fingerprint density at radius 2 is 1.56 bits per heavy atom. The Hall–Kier alpha value is -4.05. The highest BCUT2D eigenvalue weighted by Gasteiger charge is 2.21. The molecule has 2 heterocycles. The number of anilines is 2.